The van der Waals surface area contributed by atoms with E-state index in [9.17, 15) is 9.59 Å². The molecule has 4 rings (SSSR count). The number of fused-ring (bicyclic) bond motifs is 3. The number of hydrogen-bond acceptors (Lipinski definition) is 5. The molecule has 1 saturated carbocycles. The molecule has 2 aliphatic carbocycles. The summed E-state index contributed by atoms with van der Waals surface area (Å²) in [6, 6.07) is 0.142. The van der Waals surface area contributed by atoms with Crippen LogP contribution in [-0.2, 0) is 7.05 Å². The van der Waals surface area contributed by atoms with Gasteiger partial charge in [0.25, 0.3) is 5.91 Å². The Morgan fingerprint density at radius 1 is 1.38 bits per heavy atom. The topological polar surface area (TPSA) is 94.2 Å². The molecule has 8 heteroatoms. The van der Waals surface area contributed by atoms with Gasteiger partial charge in [-0.15, -0.1) is 5.10 Å². The van der Waals surface area contributed by atoms with Gasteiger partial charge in [0.2, 0.25) is 0 Å². The highest BCUT2D eigenvalue weighted by Gasteiger charge is 2.37. The van der Waals surface area contributed by atoms with Gasteiger partial charge in [-0.1, -0.05) is 17.4 Å². The average molecular weight is 286 g/mol. The highest BCUT2D eigenvalue weighted by atomic mass is 16.2. The fourth-order valence-corrected chi connectivity index (χ4v) is 3.22. The van der Waals surface area contributed by atoms with Crippen LogP contribution in [-0.4, -0.2) is 36.3 Å². The molecule has 2 aliphatic rings. The van der Waals surface area contributed by atoms with Crippen LogP contribution in [0.15, 0.2) is 23.3 Å². The van der Waals surface area contributed by atoms with Gasteiger partial charge in [0, 0.05) is 13.1 Å². The van der Waals surface area contributed by atoms with E-state index in [4.69, 9.17) is 0 Å². The van der Waals surface area contributed by atoms with Crippen LogP contribution < -0.4 is 11.0 Å². The van der Waals surface area contributed by atoms with Gasteiger partial charge in [-0.05, 0) is 24.7 Å². The van der Waals surface area contributed by atoms with Crippen molar-refractivity contribution in [3.8, 4) is 0 Å². The minimum atomic E-state index is -0.380. The summed E-state index contributed by atoms with van der Waals surface area (Å²) in [6.45, 7) is 0. The van der Waals surface area contributed by atoms with Crippen molar-refractivity contribution in [2.24, 2.45) is 18.9 Å². The standard InChI is InChI=1S/C13H14N6O2/c1-18-13(21)19-6-14-10(11(19)16-17-18)12(20)15-9-5-7-2-3-8(9)4-7/h2-3,6-9H,4-5H2,1H3,(H,15,20). The van der Waals surface area contributed by atoms with Crippen LogP contribution in [0.5, 0.6) is 0 Å². The molecule has 0 aromatic carbocycles. The molecule has 0 spiro atoms. The largest absolute Gasteiger partial charge is 0.352 e. The van der Waals surface area contributed by atoms with E-state index in [1.807, 2.05) is 0 Å². The summed E-state index contributed by atoms with van der Waals surface area (Å²) >= 11 is 0. The number of carbonyl (C=O) groups excluding carboxylic acids is 1. The van der Waals surface area contributed by atoms with E-state index < -0.39 is 0 Å². The van der Waals surface area contributed by atoms with Crippen LogP contribution in [0.4, 0.5) is 0 Å². The molecule has 8 nitrogen and oxygen atoms in total. The van der Waals surface area contributed by atoms with Gasteiger partial charge in [0.1, 0.15) is 6.33 Å². The maximum atomic E-state index is 12.4. The minimum Gasteiger partial charge on any atom is -0.347 e. The van der Waals surface area contributed by atoms with Crippen LogP contribution in [0.2, 0.25) is 0 Å². The molecule has 2 aromatic heterocycles. The molecule has 0 radical (unpaired) electrons. The van der Waals surface area contributed by atoms with Crippen LogP contribution in [0, 0.1) is 11.8 Å². The number of rotatable bonds is 2. The normalized spacial score (nSPS) is 26.6. The number of imidazole rings is 1. The first-order valence-corrected chi connectivity index (χ1v) is 6.89. The summed E-state index contributed by atoms with van der Waals surface area (Å²) in [5.74, 6) is 0.684. The second-order valence-corrected chi connectivity index (χ2v) is 5.64. The van der Waals surface area contributed by atoms with Crippen molar-refractivity contribution in [1.29, 1.82) is 0 Å². The average Bonchev–Trinajstić information content (AvgIpc) is 3.17. The van der Waals surface area contributed by atoms with Gasteiger partial charge in [-0.2, -0.15) is 4.68 Å². The smallest absolute Gasteiger partial charge is 0.347 e. The number of aromatic nitrogens is 5. The molecule has 1 N–H and O–H groups in total. The van der Waals surface area contributed by atoms with Crippen LogP contribution in [0.3, 0.4) is 0 Å². The van der Waals surface area contributed by atoms with Gasteiger partial charge in [0.05, 0.1) is 0 Å². The second kappa shape index (κ2) is 4.24. The molecule has 3 unspecified atom stereocenters. The molecule has 0 saturated heterocycles. The maximum Gasteiger partial charge on any atom is 0.352 e. The molecule has 1 fully saturated rings. The van der Waals surface area contributed by atoms with Gasteiger partial charge in [0.15, 0.2) is 11.3 Å². The van der Waals surface area contributed by atoms with E-state index in [1.54, 1.807) is 0 Å². The fraction of sp³-hybridized carbons (Fsp3) is 0.462. The SMILES string of the molecule is Cn1nnc2c(C(=O)NC3CC4C=CC3C4)ncn2c1=O. The first kappa shape index (κ1) is 12.2. The Bertz CT molecular complexity index is 820. The summed E-state index contributed by atoms with van der Waals surface area (Å²) in [5, 5.41) is 10.6. The van der Waals surface area contributed by atoms with Crippen molar-refractivity contribution in [3.63, 3.8) is 0 Å². The molecular formula is C13H14N6O2. The molecule has 2 aromatic rings. The fourth-order valence-electron chi connectivity index (χ4n) is 3.22. The summed E-state index contributed by atoms with van der Waals surface area (Å²) in [6.07, 6.45) is 7.76. The monoisotopic (exact) mass is 286 g/mol. The Morgan fingerprint density at radius 2 is 2.24 bits per heavy atom. The van der Waals surface area contributed by atoms with E-state index in [0.717, 1.165) is 17.5 Å². The van der Waals surface area contributed by atoms with E-state index >= 15 is 0 Å². The van der Waals surface area contributed by atoms with Gasteiger partial charge >= 0.3 is 5.69 Å². The quantitative estimate of drug-likeness (QED) is 0.752. The summed E-state index contributed by atoms with van der Waals surface area (Å²) in [7, 11) is 1.50. The number of nitrogens with zero attached hydrogens (tertiary/aromatic N) is 5. The third-order valence-electron chi connectivity index (χ3n) is 4.31. The summed E-state index contributed by atoms with van der Waals surface area (Å²) in [4.78, 5) is 28.2. The van der Waals surface area contributed by atoms with Crippen molar-refractivity contribution in [1.82, 2.24) is 29.7 Å². The molecule has 2 heterocycles. The zero-order chi connectivity index (χ0) is 14.6. The van der Waals surface area contributed by atoms with Crippen molar-refractivity contribution in [2.75, 3.05) is 0 Å². The molecule has 3 atom stereocenters. The number of aryl methyl sites for hydroxylation is 1. The van der Waals surface area contributed by atoms with Gasteiger partial charge in [-0.25, -0.2) is 14.2 Å². The molecule has 21 heavy (non-hydrogen) atoms. The Morgan fingerprint density at radius 3 is 2.95 bits per heavy atom. The highest BCUT2D eigenvalue weighted by molar-refractivity contribution is 5.98. The zero-order valence-electron chi connectivity index (χ0n) is 11.4. The number of nitrogens with one attached hydrogen (secondary N) is 1. The van der Waals surface area contributed by atoms with E-state index in [2.05, 4.69) is 32.8 Å². The van der Waals surface area contributed by atoms with Crippen LogP contribution in [0.25, 0.3) is 5.65 Å². The molecule has 108 valence electrons. The third-order valence-corrected chi connectivity index (χ3v) is 4.31. The Kier molecular flexibility index (Phi) is 2.47. The van der Waals surface area contributed by atoms with Crippen molar-refractivity contribution in [3.05, 3.63) is 34.7 Å². The lowest BCUT2D eigenvalue weighted by atomic mass is 10.0. The lowest BCUT2D eigenvalue weighted by molar-refractivity contribution is 0.0928. The Balaban J connectivity index is 1.64. The summed E-state index contributed by atoms with van der Waals surface area (Å²) in [5.41, 5.74) is -0.0457. The van der Waals surface area contributed by atoms with Crippen molar-refractivity contribution in [2.45, 2.75) is 18.9 Å². The lowest BCUT2D eigenvalue weighted by Crippen LogP contribution is -2.38. The lowest BCUT2D eigenvalue weighted by Gasteiger charge is -2.18. The molecular weight excluding hydrogens is 272 g/mol. The molecule has 0 aliphatic heterocycles. The van der Waals surface area contributed by atoms with Gasteiger partial charge < -0.3 is 5.32 Å². The predicted octanol–water partition coefficient (Wildman–Crippen LogP) is -0.483. The van der Waals surface area contributed by atoms with Crippen LogP contribution >= 0.6 is 0 Å². The first-order chi connectivity index (χ1) is 10.1. The zero-order valence-corrected chi connectivity index (χ0v) is 11.4. The Labute approximate surface area is 119 Å². The van der Waals surface area contributed by atoms with Gasteiger partial charge in [-0.3, -0.25) is 4.79 Å². The second-order valence-electron chi connectivity index (χ2n) is 5.64. The number of allylic oxidation sites excluding steroid dienone is 1. The van der Waals surface area contributed by atoms with Crippen LogP contribution in [0.1, 0.15) is 23.3 Å². The first-order valence-electron chi connectivity index (χ1n) is 6.89. The maximum absolute atomic E-state index is 12.4. The van der Waals surface area contributed by atoms with E-state index in [0.29, 0.717) is 11.8 Å². The van der Waals surface area contributed by atoms with E-state index in [-0.39, 0.29) is 29.0 Å². The molecule has 1 amide bonds. The number of carbonyl (C=O) groups is 1. The number of hydrogen-bond donors (Lipinski definition) is 1. The highest BCUT2D eigenvalue weighted by Crippen LogP contribution is 2.39. The summed E-state index contributed by atoms with van der Waals surface area (Å²) < 4.78 is 2.32. The number of amides is 1. The predicted molar refractivity (Wildman–Crippen MR) is 72.6 cm³/mol. The Hall–Kier alpha value is -2.51. The van der Waals surface area contributed by atoms with Crippen molar-refractivity contribution < 1.29 is 4.79 Å². The minimum absolute atomic E-state index is 0.142. The third kappa shape index (κ3) is 1.78. The molecule has 2 bridgehead atoms. The van der Waals surface area contributed by atoms with Crippen molar-refractivity contribution >= 4 is 11.6 Å². The van der Waals surface area contributed by atoms with E-state index in [1.165, 1.54) is 17.8 Å².